The average molecular weight is 702 g/mol. The molecule has 0 radical (unpaired) electrons. The molecule has 254 valence electrons. The number of hydrogen-bond donors (Lipinski definition) is 1. The van der Waals surface area contributed by atoms with Crippen LogP contribution in [0, 0.1) is 0 Å². The van der Waals surface area contributed by atoms with Gasteiger partial charge in [-0.05, 0) is 59.0 Å². The van der Waals surface area contributed by atoms with Crippen LogP contribution in [0.4, 0.5) is 11.5 Å². The molecule has 0 aliphatic rings. The van der Waals surface area contributed by atoms with E-state index < -0.39 is 11.3 Å². The van der Waals surface area contributed by atoms with Gasteiger partial charge in [0.05, 0.1) is 37.1 Å². The predicted octanol–water partition coefficient (Wildman–Crippen LogP) is 6.70. The average Bonchev–Trinajstić information content (AvgIpc) is 3.09. The highest BCUT2D eigenvalue weighted by Gasteiger charge is 2.28. The highest BCUT2D eigenvalue weighted by atomic mass is 35.5. The van der Waals surface area contributed by atoms with Crippen molar-refractivity contribution in [3.8, 4) is 34.8 Å². The lowest BCUT2D eigenvalue weighted by Crippen LogP contribution is -2.25. The number of para-hydroxylation sites is 2. The van der Waals surface area contributed by atoms with Crippen LogP contribution in [0.5, 0.6) is 23.1 Å². The summed E-state index contributed by atoms with van der Waals surface area (Å²) in [4.78, 5) is 30.4. The molecule has 0 bridgehead atoms. The van der Waals surface area contributed by atoms with E-state index >= 15 is 0 Å². The van der Waals surface area contributed by atoms with Gasteiger partial charge >= 0.3 is 0 Å². The Bertz CT molecular complexity index is 1910. The first-order chi connectivity index (χ1) is 23.5. The van der Waals surface area contributed by atoms with Crippen LogP contribution in [0.3, 0.4) is 0 Å². The van der Waals surface area contributed by atoms with Crippen LogP contribution in [0.2, 0.25) is 5.02 Å². The van der Waals surface area contributed by atoms with Gasteiger partial charge < -0.3 is 24.1 Å². The molecule has 0 aliphatic heterocycles. The normalized spacial score (nSPS) is 11.8. The SMILES string of the molecule is COc1ccccc1Oc1c(OCCC(=O)NCc2ccc(Cl)cc2)nc(-c2ncccn2)nc1N(c1ccc(C(C)(C)C)cc1)S(=O)[O-]. The van der Waals surface area contributed by atoms with Crippen LogP contribution in [0.25, 0.3) is 11.6 Å². The Balaban J connectivity index is 1.56. The lowest BCUT2D eigenvalue weighted by atomic mass is 9.87. The van der Waals surface area contributed by atoms with E-state index in [4.69, 9.17) is 25.8 Å². The van der Waals surface area contributed by atoms with Crippen LogP contribution in [0.15, 0.2) is 91.3 Å². The maximum atomic E-state index is 13.0. The van der Waals surface area contributed by atoms with E-state index in [2.05, 4.69) is 46.0 Å². The van der Waals surface area contributed by atoms with E-state index in [1.165, 1.54) is 19.5 Å². The first kappa shape index (κ1) is 35.2. The standard InChI is InChI=1S/C35H35ClN6O6S/c1-35(2,3)24-12-16-26(17-13-24)42(49(44)45)33-30(48-28-9-6-5-8-27(28)46-4)34(41-32(40-33)31-37-19-7-20-38-31)47-21-18-29(43)39-22-23-10-14-25(36)15-11-23/h5-17,19-20H,18,21-22H2,1-4H3,(H,39,43)(H,44,45)/p-1. The zero-order valence-corrected chi connectivity index (χ0v) is 28.8. The van der Waals surface area contributed by atoms with E-state index in [1.807, 2.05) is 24.3 Å². The van der Waals surface area contributed by atoms with Gasteiger partial charge in [-0.25, -0.2) is 15.0 Å². The molecular weight excluding hydrogens is 668 g/mol. The Kier molecular flexibility index (Phi) is 11.4. The number of nitrogens with one attached hydrogen (secondary N) is 1. The number of anilines is 2. The Labute approximate surface area is 291 Å². The van der Waals surface area contributed by atoms with Crippen molar-refractivity contribution in [3.05, 3.63) is 107 Å². The number of carbonyl (C=O) groups is 1. The Morgan fingerprint density at radius 3 is 2.22 bits per heavy atom. The molecule has 0 spiro atoms. The zero-order chi connectivity index (χ0) is 35.0. The lowest BCUT2D eigenvalue weighted by Gasteiger charge is -2.29. The van der Waals surface area contributed by atoms with Crippen molar-refractivity contribution in [2.24, 2.45) is 0 Å². The van der Waals surface area contributed by atoms with Gasteiger partial charge in [-0.1, -0.05) is 68.8 Å². The van der Waals surface area contributed by atoms with Crippen LogP contribution in [0.1, 0.15) is 38.3 Å². The molecular formula is C35H34ClN6O6S-. The fourth-order valence-electron chi connectivity index (χ4n) is 4.58. The quantitative estimate of drug-likeness (QED) is 0.131. The third-order valence-corrected chi connectivity index (χ3v) is 8.08. The minimum Gasteiger partial charge on any atom is -0.755 e. The number of amides is 1. The summed E-state index contributed by atoms with van der Waals surface area (Å²) >= 11 is 3.06. The second-order valence-corrected chi connectivity index (χ2v) is 12.9. The zero-order valence-electron chi connectivity index (χ0n) is 27.3. The van der Waals surface area contributed by atoms with Crippen molar-refractivity contribution in [1.82, 2.24) is 25.3 Å². The van der Waals surface area contributed by atoms with Gasteiger partial charge in [0.1, 0.15) is 0 Å². The van der Waals surface area contributed by atoms with E-state index in [0.29, 0.717) is 17.3 Å². The molecule has 0 fully saturated rings. The summed E-state index contributed by atoms with van der Waals surface area (Å²) in [5.41, 5.74) is 1.97. The molecule has 1 N–H and O–H groups in total. The van der Waals surface area contributed by atoms with Gasteiger partial charge in [0.2, 0.25) is 17.5 Å². The predicted molar refractivity (Wildman–Crippen MR) is 186 cm³/mol. The van der Waals surface area contributed by atoms with Gasteiger partial charge in [0, 0.05) is 24.0 Å². The van der Waals surface area contributed by atoms with Crippen molar-refractivity contribution in [2.75, 3.05) is 18.0 Å². The minimum absolute atomic E-state index is 0.0353. The molecule has 2 heterocycles. The van der Waals surface area contributed by atoms with E-state index in [1.54, 1.807) is 54.6 Å². The molecule has 0 saturated carbocycles. The van der Waals surface area contributed by atoms with E-state index in [0.717, 1.165) is 15.4 Å². The lowest BCUT2D eigenvalue weighted by molar-refractivity contribution is -0.121. The summed E-state index contributed by atoms with van der Waals surface area (Å²) < 4.78 is 44.9. The number of aromatic nitrogens is 4. The third-order valence-electron chi connectivity index (χ3n) is 7.14. The summed E-state index contributed by atoms with van der Waals surface area (Å²) in [7, 11) is 1.48. The fraction of sp³-hybridized carbons (Fsp3) is 0.229. The minimum atomic E-state index is -2.90. The molecule has 5 aromatic rings. The van der Waals surface area contributed by atoms with Gasteiger partial charge in [0.25, 0.3) is 5.88 Å². The summed E-state index contributed by atoms with van der Waals surface area (Å²) in [6, 6.07) is 22.6. The van der Waals surface area contributed by atoms with E-state index in [-0.39, 0.29) is 64.9 Å². The maximum Gasteiger partial charge on any atom is 0.263 e. The molecule has 2 aromatic heterocycles. The monoisotopic (exact) mass is 701 g/mol. The van der Waals surface area contributed by atoms with Crippen molar-refractivity contribution in [3.63, 3.8) is 0 Å². The number of nitrogens with zero attached hydrogens (tertiary/aromatic N) is 5. The first-order valence-corrected chi connectivity index (χ1v) is 16.6. The molecule has 3 aromatic carbocycles. The molecule has 0 aliphatic carbocycles. The van der Waals surface area contributed by atoms with Crippen LogP contribution >= 0.6 is 11.6 Å². The van der Waals surface area contributed by atoms with Crippen molar-refractivity contribution in [1.29, 1.82) is 0 Å². The third kappa shape index (κ3) is 9.08. The van der Waals surface area contributed by atoms with Crippen molar-refractivity contribution < 1.29 is 27.8 Å². The Hall–Kier alpha value is -5.11. The smallest absolute Gasteiger partial charge is 0.263 e. The molecule has 14 heteroatoms. The van der Waals surface area contributed by atoms with Gasteiger partial charge in [-0.15, -0.1) is 0 Å². The number of halogens is 1. The Morgan fingerprint density at radius 1 is 0.918 bits per heavy atom. The molecule has 49 heavy (non-hydrogen) atoms. The van der Waals surface area contributed by atoms with Crippen LogP contribution < -0.4 is 23.8 Å². The number of ether oxygens (including phenoxy) is 3. The van der Waals surface area contributed by atoms with Gasteiger partial charge in [-0.2, -0.15) is 4.98 Å². The summed E-state index contributed by atoms with van der Waals surface area (Å²) in [6.07, 6.45) is 2.96. The second kappa shape index (κ2) is 15.9. The van der Waals surface area contributed by atoms with E-state index in [9.17, 15) is 13.6 Å². The molecule has 0 saturated heterocycles. The summed E-state index contributed by atoms with van der Waals surface area (Å²) in [6.45, 7) is 6.33. The topological polar surface area (TPSA) is 152 Å². The highest BCUT2D eigenvalue weighted by Crippen LogP contribution is 2.44. The molecule has 12 nitrogen and oxygen atoms in total. The summed E-state index contributed by atoms with van der Waals surface area (Å²) in [5.74, 6) is -0.0819. The molecule has 1 atom stereocenters. The number of methoxy groups -OCH3 is 1. The maximum absolute atomic E-state index is 13.0. The van der Waals surface area contributed by atoms with Crippen molar-refractivity contribution >= 4 is 40.3 Å². The number of hydrogen-bond acceptors (Lipinski definition) is 10. The number of carbonyl (C=O) groups excluding carboxylic acids is 1. The molecule has 1 amide bonds. The fourth-order valence-corrected chi connectivity index (χ4v) is 5.26. The number of benzene rings is 3. The van der Waals surface area contributed by atoms with Crippen molar-refractivity contribution in [2.45, 2.75) is 39.2 Å². The number of rotatable bonds is 13. The molecule has 5 rings (SSSR count). The Morgan fingerprint density at radius 2 is 1.59 bits per heavy atom. The largest absolute Gasteiger partial charge is 0.755 e. The first-order valence-electron chi connectivity index (χ1n) is 15.2. The van der Waals surface area contributed by atoms with Gasteiger partial charge in [-0.3, -0.25) is 13.3 Å². The van der Waals surface area contributed by atoms with Crippen LogP contribution in [-0.4, -0.2) is 48.3 Å². The van der Waals surface area contributed by atoms with Gasteiger partial charge in [0.15, 0.2) is 23.1 Å². The van der Waals surface area contributed by atoms with Crippen LogP contribution in [-0.2, 0) is 28.0 Å². The molecule has 1 unspecified atom stereocenters. The highest BCUT2D eigenvalue weighted by molar-refractivity contribution is 7.81. The second-order valence-electron chi connectivity index (χ2n) is 11.6. The summed E-state index contributed by atoms with van der Waals surface area (Å²) in [5, 5.41) is 3.44.